The van der Waals surface area contributed by atoms with E-state index >= 15 is 0 Å². The van der Waals surface area contributed by atoms with Gasteiger partial charge in [-0.05, 0) is 31.6 Å². The summed E-state index contributed by atoms with van der Waals surface area (Å²) in [6.07, 6.45) is 11.9. The van der Waals surface area contributed by atoms with Crippen molar-refractivity contribution >= 4 is 5.97 Å². The third-order valence-corrected chi connectivity index (χ3v) is 3.91. The molecule has 0 aromatic carbocycles. The van der Waals surface area contributed by atoms with Gasteiger partial charge in [-0.15, -0.1) is 0 Å². The predicted molar refractivity (Wildman–Crippen MR) is 66.4 cm³/mol. The Morgan fingerprint density at radius 2 is 1.69 bits per heavy atom. The van der Waals surface area contributed by atoms with Crippen LogP contribution in [-0.4, -0.2) is 11.1 Å². The van der Waals surface area contributed by atoms with Crippen LogP contribution in [0.4, 0.5) is 0 Å². The molecule has 1 saturated carbocycles. The van der Waals surface area contributed by atoms with Gasteiger partial charge in [0.05, 0.1) is 0 Å². The number of aliphatic carboxylic acids is 1. The van der Waals surface area contributed by atoms with E-state index in [4.69, 9.17) is 5.11 Å². The topological polar surface area (TPSA) is 37.3 Å². The highest BCUT2D eigenvalue weighted by atomic mass is 16.4. The van der Waals surface area contributed by atoms with E-state index in [1.54, 1.807) is 6.92 Å². The third kappa shape index (κ3) is 3.66. The van der Waals surface area contributed by atoms with Crippen LogP contribution in [0.2, 0.25) is 0 Å². The maximum atomic E-state index is 10.9. The first-order valence-corrected chi connectivity index (χ1v) is 6.52. The first-order chi connectivity index (χ1) is 7.59. The van der Waals surface area contributed by atoms with Gasteiger partial charge in [-0.25, -0.2) is 4.79 Å². The van der Waals surface area contributed by atoms with Crippen molar-refractivity contribution in [2.45, 2.75) is 65.2 Å². The van der Waals surface area contributed by atoms with E-state index in [-0.39, 0.29) is 5.41 Å². The van der Waals surface area contributed by atoms with Gasteiger partial charge in [0.15, 0.2) is 0 Å². The van der Waals surface area contributed by atoms with Gasteiger partial charge in [-0.2, -0.15) is 0 Å². The Hall–Kier alpha value is -0.790. The lowest BCUT2D eigenvalue weighted by molar-refractivity contribution is -0.132. The lowest BCUT2D eigenvalue weighted by Crippen LogP contribution is -2.20. The van der Waals surface area contributed by atoms with Crippen molar-refractivity contribution in [1.29, 1.82) is 0 Å². The first-order valence-electron chi connectivity index (χ1n) is 6.52. The van der Waals surface area contributed by atoms with Gasteiger partial charge in [-0.3, -0.25) is 0 Å². The number of carboxylic acid groups (broad SMARTS) is 1. The second-order valence-electron chi connectivity index (χ2n) is 5.12. The van der Waals surface area contributed by atoms with Crippen molar-refractivity contribution in [3.63, 3.8) is 0 Å². The second-order valence-corrected chi connectivity index (χ2v) is 5.12. The van der Waals surface area contributed by atoms with Crippen molar-refractivity contribution in [3.05, 3.63) is 11.6 Å². The highest BCUT2D eigenvalue weighted by Gasteiger charge is 2.26. The normalized spacial score (nSPS) is 22.2. The molecule has 0 aromatic rings. The Kier molecular flexibility index (Phi) is 5.04. The van der Waals surface area contributed by atoms with Crippen molar-refractivity contribution < 1.29 is 9.90 Å². The van der Waals surface area contributed by atoms with Gasteiger partial charge in [0.1, 0.15) is 0 Å². The molecule has 0 amide bonds. The van der Waals surface area contributed by atoms with E-state index in [1.807, 2.05) is 6.08 Å². The Morgan fingerprint density at radius 3 is 2.12 bits per heavy atom. The lowest BCUT2D eigenvalue weighted by atomic mass is 9.73. The molecule has 0 heterocycles. The van der Waals surface area contributed by atoms with Crippen LogP contribution >= 0.6 is 0 Å². The van der Waals surface area contributed by atoms with Crippen LogP contribution in [0.3, 0.4) is 0 Å². The fourth-order valence-electron chi connectivity index (χ4n) is 2.73. The van der Waals surface area contributed by atoms with Crippen molar-refractivity contribution in [2.24, 2.45) is 5.41 Å². The number of carbonyl (C=O) groups is 1. The van der Waals surface area contributed by atoms with E-state index in [1.165, 1.54) is 32.1 Å². The predicted octanol–water partition coefficient (Wildman–Crippen LogP) is 4.16. The van der Waals surface area contributed by atoms with Crippen molar-refractivity contribution in [2.75, 3.05) is 0 Å². The van der Waals surface area contributed by atoms with E-state index in [2.05, 4.69) is 6.92 Å². The Balaban J connectivity index is 2.80. The largest absolute Gasteiger partial charge is 0.478 e. The van der Waals surface area contributed by atoms with Crippen molar-refractivity contribution in [3.8, 4) is 0 Å². The number of allylic oxidation sites excluding steroid dienone is 1. The fourth-order valence-corrected chi connectivity index (χ4v) is 2.73. The van der Waals surface area contributed by atoms with Crippen LogP contribution in [0.5, 0.6) is 0 Å². The highest BCUT2D eigenvalue weighted by Crippen LogP contribution is 2.39. The highest BCUT2D eigenvalue weighted by molar-refractivity contribution is 5.85. The standard InChI is InChI=1S/C14H24O2/c1-3-14(11-12(2)13(15)16)9-7-5-4-6-8-10-14/h11H,3-10H2,1-2H3,(H,15,16). The van der Waals surface area contributed by atoms with Gasteiger partial charge in [0.25, 0.3) is 0 Å². The minimum atomic E-state index is -0.769. The average molecular weight is 224 g/mol. The summed E-state index contributed by atoms with van der Waals surface area (Å²) in [5.74, 6) is -0.769. The summed E-state index contributed by atoms with van der Waals surface area (Å²) >= 11 is 0. The quantitative estimate of drug-likeness (QED) is 0.731. The number of hydrogen-bond acceptors (Lipinski definition) is 1. The molecular formula is C14H24O2. The van der Waals surface area contributed by atoms with Gasteiger partial charge in [0, 0.05) is 5.57 Å². The fraction of sp³-hybridized carbons (Fsp3) is 0.786. The molecule has 0 aromatic heterocycles. The maximum absolute atomic E-state index is 10.9. The molecule has 0 radical (unpaired) electrons. The summed E-state index contributed by atoms with van der Waals surface area (Å²) < 4.78 is 0. The summed E-state index contributed by atoms with van der Waals surface area (Å²) in [5.41, 5.74) is 0.672. The molecule has 2 heteroatoms. The van der Waals surface area contributed by atoms with Gasteiger partial charge < -0.3 is 5.11 Å². The monoisotopic (exact) mass is 224 g/mol. The number of rotatable bonds is 3. The van der Waals surface area contributed by atoms with E-state index in [0.717, 1.165) is 19.3 Å². The zero-order chi connectivity index (χ0) is 12.0. The van der Waals surface area contributed by atoms with Crippen LogP contribution in [0.15, 0.2) is 11.6 Å². The Labute approximate surface area is 98.7 Å². The van der Waals surface area contributed by atoms with Crippen LogP contribution in [0, 0.1) is 5.41 Å². The molecule has 0 unspecified atom stereocenters. The Morgan fingerprint density at radius 1 is 1.19 bits per heavy atom. The van der Waals surface area contributed by atoms with Gasteiger partial charge in [-0.1, -0.05) is 45.1 Å². The van der Waals surface area contributed by atoms with E-state index in [0.29, 0.717) is 5.57 Å². The molecule has 1 N–H and O–H groups in total. The molecule has 1 fully saturated rings. The second kappa shape index (κ2) is 6.07. The zero-order valence-electron chi connectivity index (χ0n) is 10.6. The lowest BCUT2D eigenvalue weighted by Gasteiger charge is -2.32. The molecule has 1 rings (SSSR count). The van der Waals surface area contributed by atoms with Crippen LogP contribution in [0.25, 0.3) is 0 Å². The number of hydrogen-bond donors (Lipinski definition) is 1. The number of carboxylic acids is 1. The summed E-state index contributed by atoms with van der Waals surface area (Å²) in [4.78, 5) is 10.9. The zero-order valence-corrected chi connectivity index (χ0v) is 10.6. The molecule has 0 saturated heterocycles. The van der Waals surface area contributed by atoms with Crippen LogP contribution in [0.1, 0.15) is 65.2 Å². The molecular weight excluding hydrogens is 200 g/mol. The summed E-state index contributed by atoms with van der Waals surface area (Å²) in [5, 5.41) is 8.98. The van der Waals surface area contributed by atoms with E-state index < -0.39 is 5.97 Å². The molecule has 1 aliphatic carbocycles. The SMILES string of the molecule is CCC1(C=C(C)C(=O)O)CCCCCCC1. The van der Waals surface area contributed by atoms with Crippen LogP contribution < -0.4 is 0 Å². The molecule has 16 heavy (non-hydrogen) atoms. The van der Waals surface area contributed by atoms with Crippen molar-refractivity contribution in [1.82, 2.24) is 0 Å². The molecule has 0 bridgehead atoms. The molecule has 2 nitrogen and oxygen atoms in total. The summed E-state index contributed by atoms with van der Waals surface area (Å²) in [7, 11) is 0. The first kappa shape index (κ1) is 13.3. The smallest absolute Gasteiger partial charge is 0.330 e. The van der Waals surface area contributed by atoms with Crippen LogP contribution in [-0.2, 0) is 4.79 Å². The minimum Gasteiger partial charge on any atom is -0.478 e. The molecule has 92 valence electrons. The maximum Gasteiger partial charge on any atom is 0.330 e. The minimum absolute atomic E-state index is 0.156. The third-order valence-electron chi connectivity index (χ3n) is 3.91. The molecule has 0 spiro atoms. The van der Waals surface area contributed by atoms with Gasteiger partial charge >= 0.3 is 5.97 Å². The van der Waals surface area contributed by atoms with Gasteiger partial charge in [0.2, 0.25) is 0 Å². The molecule has 0 atom stereocenters. The molecule has 1 aliphatic rings. The summed E-state index contributed by atoms with van der Waals surface area (Å²) in [6, 6.07) is 0. The Bertz CT molecular complexity index is 258. The average Bonchev–Trinajstić information content (AvgIpc) is 2.22. The molecule has 0 aliphatic heterocycles. The van der Waals surface area contributed by atoms with E-state index in [9.17, 15) is 4.79 Å². The summed E-state index contributed by atoms with van der Waals surface area (Å²) in [6.45, 7) is 3.91.